The highest BCUT2D eigenvalue weighted by molar-refractivity contribution is 7.87. The molecule has 0 saturated carbocycles. The van der Waals surface area contributed by atoms with Gasteiger partial charge in [-0.3, -0.25) is 15.5 Å². The van der Waals surface area contributed by atoms with Gasteiger partial charge in [-0.2, -0.15) is 13.5 Å². The Balaban J connectivity index is 1.72. The molecule has 3 aromatic carbocycles. The largest absolute Gasteiger partial charge is 0.493 e. The van der Waals surface area contributed by atoms with E-state index in [0.29, 0.717) is 11.3 Å². The number of nitrogens with zero attached hydrogens (tertiary/aromatic N) is 2. The Morgan fingerprint density at radius 2 is 1.68 bits per heavy atom. The smallest absolute Gasteiger partial charge is 0.339 e. The number of nitro groups is 1. The van der Waals surface area contributed by atoms with E-state index in [4.69, 9.17) is 8.92 Å². The summed E-state index contributed by atoms with van der Waals surface area (Å²) in [4.78, 5) is 10.2. The van der Waals surface area contributed by atoms with Crippen molar-refractivity contribution < 1.29 is 22.3 Å². The zero-order valence-electron chi connectivity index (χ0n) is 16.7. The summed E-state index contributed by atoms with van der Waals surface area (Å²) in [5, 5.41) is 14.7. The second kappa shape index (κ2) is 9.26. The van der Waals surface area contributed by atoms with Crippen LogP contribution in [0, 0.1) is 17.0 Å². The van der Waals surface area contributed by atoms with E-state index >= 15 is 0 Å². The number of hydrogen-bond donors (Lipinski definition) is 1. The zero-order chi connectivity index (χ0) is 22.4. The number of aryl methyl sites for hydroxylation is 1. The van der Waals surface area contributed by atoms with Gasteiger partial charge in [-0.15, -0.1) is 0 Å². The van der Waals surface area contributed by atoms with Gasteiger partial charge in [0, 0.05) is 12.1 Å². The van der Waals surface area contributed by atoms with Crippen LogP contribution in [0.1, 0.15) is 11.1 Å². The van der Waals surface area contributed by atoms with Crippen molar-refractivity contribution in [2.45, 2.75) is 11.8 Å². The molecule has 0 saturated heterocycles. The maximum atomic E-state index is 12.5. The van der Waals surface area contributed by atoms with Crippen LogP contribution in [0.4, 0.5) is 11.4 Å². The van der Waals surface area contributed by atoms with Crippen molar-refractivity contribution >= 4 is 27.7 Å². The van der Waals surface area contributed by atoms with E-state index in [9.17, 15) is 18.5 Å². The molecule has 3 rings (SSSR count). The molecule has 0 bridgehead atoms. The van der Waals surface area contributed by atoms with Gasteiger partial charge in [0.25, 0.3) is 5.69 Å². The lowest BCUT2D eigenvalue weighted by Gasteiger charge is -2.11. The number of hydrazone groups is 1. The van der Waals surface area contributed by atoms with Crippen molar-refractivity contribution in [3.05, 3.63) is 88.0 Å². The van der Waals surface area contributed by atoms with E-state index < -0.39 is 15.0 Å². The van der Waals surface area contributed by atoms with Gasteiger partial charge in [0.05, 0.1) is 23.9 Å². The first-order valence-electron chi connectivity index (χ1n) is 9.01. The molecule has 0 fully saturated rings. The van der Waals surface area contributed by atoms with E-state index in [1.165, 1.54) is 55.8 Å². The number of methoxy groups -OCH3 is 1. The Morgan fingerprint density at radius 3 is 2.29 bits per heavy atom. The molecule has 1 N–H and O–H groups in total. The third-order valence-corrected chi connectivity index (χ3v) is 5.43. The molecule has 0 heterocycles. The summed E-state index contributed by atoms with van der Waals surface area (Å²) in [6.45, 7) is 1.86. The summed E-state index contributed by atoms with van der Waals surface area (Å²) >= 11 is 0. The Morgan fingerprint density at radius 1 is 1.00 bits per heavy atom. The predicted octanol–water partition coefficient (Wildman–Crippen LogP) is 4.13. The minimum Gasteiger partial charge on any atom is -0.493 e. The summed E-state index contributed by atoms with van der Waals surface area (Å²) < 4.78 is 35.5. The van der Waals surface area contributed by atoms with Gasteiger partial charge in [0.1, 0.15) is 4.90 Å². The molecule has 160 valence electrons. The predicted molar refractivity (Wildman–Crippen MR) is 116 cm³/mol. The fraction of sp³-hybridized carbons (Fsp3) is 0.0952. The van der Waals surface area contributed by atoms with Crippen molar-refractivity contribution in [2.24, 2.45) is 5.10 Å². The Labute approximate surface area is 179 Å². The van der Waals surface area contributed by atoms with Crippen molar-refractivity contribution in [1.82, 2.24) is 0 Å². The third kappa shape index (κ3) is 5.58. The lowest BCUT2D eigenvalue weighted by atomic mass is 10.2. The molecule has 9 nitrogen and oxygen atoms in total. The van der Waals surface area contributed by atoms with Crippen LogP contribution in [0.25, 0.3) is 0 Å². The number of nitro benzene ring substituents is 1. The Bertz CT molecular complexity index is 1210. The normalized spacial score (nSPS) is 11.3. The van der Waals surface area contributed by atoms with E-state index in [1.54, 1.807) is 24.3 Å². The molecule has 0 aliphatic heterocycles. The topological polar surface area (TPSA) is 120 Å². The summed E-state index contributed by atoms with van der Waals surface area (Å²) in [7, 11) is -2.61. The lowest BCUT2D eigenvalue weighted by molar-refractivity contribution is -0.384. The Hall–Kier alpha value is -3.92. The first-order chi connectivity index (χ1) is 14.8. The number of anilines is 1. The van der Waals surface area contributed by atoms with Gasteiger partial charge in [-0.1, -0.05) is 17.7 Å². The minimum atomic E-state index is -4.01. The highest BCUT2D eigenvalue weighted by atomic mass is 32.2. The Kier molecular flexibility index (Phi) is 6.51. The lowest BCUT2D eigenvalue weighted by Crippen LogP contribution is -2.10. The summed E-state index contributed by atoms with van der Waals surface area (Å²) in [6, 6.07) is 16.8. The molecule has 3 aromatic rings. The second-order valence-electron chi connectivity index (χ2n) is 6.43. The van der Waals surface area contributed by atoms with Gasteiger partial charge >= 0.3 is 10.1 Å². The standard InChI is InChI=1S/C21H19N3O6S/c1-15-3-10-19(11-4-15)31(27,28)30-20-12-5-16(13-21(20)29-2)14-22-23-17-6-8-18(9-7-17)24(25)26/h3-14,23H,1-2H3/b22-14+. The average molecular weight is 441 g/mol. The third-order valence-electron chi connectivity index (χ3n) is 4.18. The van der Waals surface area contributed by atoms with Crippen molar-refractivity contribution in [3.8, 4) is 11.5 Å². The van der Waals surface area contributed by atoms with Gasteiger partial charge in [-0.25, -0.2) is 0 Å². The maximum Gasteiger partial charge on any atom is 0.339 e. The number of nitrogens with one attached hydrogen (secondary N) is 1. The van der Waals surface area contributed by atoms with Crippen molar-refractivity contribution in [1.29, 1.82) is 0 Å². The fourth-order valence-corrected chi connectivity index (χ4v) is 3.48. The van der Waals surface area contributed by atoms with Crippen LogP contribution in [-0.2, 0) is 10.1 Å². The summed E-state index contributed by atoms with van der Waals surface area (Å²) in [5.41, 5.74) is 4.85. The first-order valence-corrected chi connectivity index (χ1v) is 10.4. The number of rotatable bonds is 8. The molecular formula is C21H19N3O6S. The molecule has 0 aromatic heterocycles. The molecular weight excluding hydrogens is 422 g/mol. The quantitative estimate of drug-likeness (QED) is 0.241. The highest BCUT2D eigenvalue weighted by Crippen LogP contribution is 2.30. The highest BCUT2D eigenvalue weighted by Gasteiger charge is 2.19. The molecule has 31 heavy (non-hydrogen) atoms. The van der Waals surface area contributed by atoms with E-state index in [-0.39, 0.29) is 22.1 Å². The molecule has 0 amide bonds. The number of ether oxygens (including phenoxy) is 1. The van der Waals surface area contributed by atoms with Gasteiger partial charge < -0.3 is 8.92 Å². The van der Waals surface area contributed by atoms with Crippen LogP contribution in [0.3, 0.4) is 0 Å². The van der Waals surface area contributed by atoms with Crippen LogP contribution in [0.5, 0.6) is 11.5 Å². The molecule has 0 aliphatic carbocycles. The maximum absolute atomic E-state index is 12.5. The first kappa shape index (κ1) is 21.8. The molecule has 0 aliphatic rings. The van der Waals surface area contributed by atoms with E-state index in [1.807, 2.05) is 6.92 Å². The van der Waals surface area contributed by atoms with Gasteiger partial charge in [-0.05, 0) is 55.0 Å². The van der Waals surface area contributed by atoms with E-state index in [0.717, 1.165) is 5.56 Å². The molecule has 10 heteroatoms. The fourth-order valence-electron chi connectivity index (χ4n) is 2.54. The number of benzene rings is 3. The van der Waals surface area contributed by atoms with Crippen LogP contribution in [0.2, 0.25) is 0 Å². The van der Waals surface area contributed by atoms with Crippen LogP contribution < -0.4 is 14.3 Å². The van der Waals surface area contributed by atoms with Crippen LogP contribution in [-0.4, -0.2) is 26.7 Å². The number of non-ortho nitro benzene ring substituents is 1. The van der Waals surface area contributed by atoms with Gasteiger partial charge in [0.15, 0.2) is 11.5 Å². The molecule has 0 atom stereocenters. The minimum absolute atomic E-state index is 0.0181. The van der Waals surface area contributed by atoms with Gasteiger partial charge in [0.2, 0.25) is 0 Å². The van der Waals surface area contributed by atoms with E-state index in [2.05, 4.69) is 10.5 Å². The van der Waals surface area contributed by atoms with Crippen molar-refractivity contribution in [3.63, 3.8) is 0 Å². The summed E-state index contributed by atoms with van der Waals surface area (Å²) in [6.07, 6.45) is 1.49. The average Bonchev–Trinajstić information content (AvgIpc) is 2.75. The number of hydrogen-bond acceptors (Lipinski definition) is 8. The van der Waals surface area contributed by atoms with Crippen LogP contribution in [0.15, 0.2) is 76.7 Å². The zero-order valence-corrected chi connectivity index (χ0v) is 17.5. The molecule has 0 unspecified atom stereocenters. The SMILES string of the molecule is COc1cc(/C=N/Nc2ccc([N+](=O)[O-])cc2)ccc1OS(=O)(=O)c1ccc(C)cc1. The summed E-state index contributed by atoms with van der Waals surface area (Å²) in [5.74, 6) is 0.263. The van der Waals surface area contributed by atoms with Crippen molar-refractivity contribution in [2.75, 3.05) is 12.5 Å². The monoisotopic (exact) mass is 441 g/mol. The van der Waals surface area contributed by atoms with Crippen LogP contribution >= 0.6 is 0 Å². The molecule has 0 spiro atoms. The second-order valence-corrected chi connectivity index (χ2v) is 7.98. The molecule has 0 radical (unpaired) electrons.